The molecule has 0 N–H and O–H groups in total. The lowest BCUT2D eigenvalue weighted by atomic mass is 9.55. The molecule has 0 fully saturated rings. The van der Waals surface area contributed by atoms with Crippen molar-refractivity contribution in [1.82, 2.24) is 4.57 Å². The van der Waals surface area contributed by atoms with E-state index in [-0.39, 0.29) is 27.1 Å². The summed E-state index contributed by atoms with van der Waals surface area (Å²) in [6.45, 7) is 24.3. The highest BCUT2D eigenvalue weighted by Crippen LogP contribution is 2.60. The highest BCUT2D eigenvalue weighted by molar-refractivity contribution is 7.26. The lowest BCUT2D eigenvalue weighted by Gasteiger charge is -2.48. The average molecular weight is 1210 g/mol. The van der Waals surface area contributed by atoms with Gasteiger partial charge in [0.15, 0.2) is 0 Å². The van der Waals surface area contributed by atoms with E-state index in [9.17, 15) is 0 Å². The molecule has 0 aliphatic heterocycles. The summed E-state index contributed by atoms with van der Waals surface area (Å²) in [5.74, 6) is 0. The van der Waals surface area contributed by atoms with Crippen LogP contribution in [0.25, 0.3) is 112 Å². The van der Waals surface area contributed by atoms with Crippen LogP contribution >= 0.6 is 22.7 Å². The summed E-state index contributed by atoms with van der Waals surface area (Å²) < 4.78 is 7.94. The van der Waals surface area contributed by atoms with Gasteiger partial charge in [-0.3, -0.25) is 0 Å². The molecule has 4 heteroatoms. The Kier molecular flexibility index (Phi) is 12.1. The molecule has 0 unspecified atom stereocenters. The minimum absolute atomic E-state index is 0.0469. The minimum Gasteiger partial charge on any atom is -0.310 e. The van der Waals surface area contributed by atoms with Gasteiger partial charge < -0.3 is 9.47 Å². The summed E-state index contributed by atoms with van der Waals surface area (Å²) in [4.78, 5) is 2.45. The van der Waals surface area contributed by atoms with Crippen LogP contribution in [0.15, 0.2) is 255 Å². The van der Waals surface area contributed by atoms with Gasteiger partial charge in [0.25, 0.3) is 0 Å². The second-order valence-corrected chi connectivity index (χ2v) is 30.6. The van der Waals surface area contributed by atoms with Crippen LogP contribution in [0.5, 0.6) is 0 Å². The maximum Gasteiger partial charge on any atom is 0.0541 e. The quantitative estimate of drug-likeness (QED) is 0.167. The number of benzene rings is 12. The van der Waals surface area contributed by atoms with Gasteiger partial charge in [-0.1, -0.05) is 233 Å². The van der Waals surface area contributed by atoms with Crippen LogP contribution in [0.1, 0.15) is 103 Å². The topological polar surface area (TPSA) is 8.17 Å². The Morgan fingerprint density at radius 2 is 0.769 bits per heavy atom. The van der Waals surface area contributed by atoms with Gasteiger partial charge in [0.1, 0.15) is 0 Å². The summed E-state index contributed by atoms with van der Waals surface area (Å²) >= 11 is 3.87. The van der Waals surface area contributed by atoms with E-state index in [1.54, 1.807) is 0 Å². The van der Waals surface area contributed by atoms with E-state index in [0.717, 1.165) is 0 Å². The molecule has 442 valence electrons. The molecule has 0 spiro atoms. The zero-order valence-corrected chi connectivity index (χ0v) is 55.1. The van der Waals surface area contributed by atoms with E-state index < -0.39 is 0 Å². The zero-order chi connectivity index (χ0) is 62.1. The van der Waals surface area contributed by atoms with Crippen LogP contribution in [-0.2, 0) is 27.1 Å². The fourth-order valence-electron chi connectivity index (χ4n) is 16.2. The fourth-order valence-corrected chi connectivity index (χ4v) is 18.8. The Balaban J connectivity index is 0.000000140. The van der Waals surface area contributed by atoms with Gasteiger partial charge in [0, 0.05) is 84.7 Å². The molecule has 15 aromatic rings. The maximum atomic E-state index is 2.49. The summed E-state index contributed by atoms with van der Waals surface area (Å²) in [7, 11) is 0. The third kappa shape index (κ3) is 8.01. The first kappa shape index (κ1) is 55.7. The first-order chi connectivity index (χ1) is 43.9. The molecule has 3 heterocycles. The van der Waals surface area contributed by atoms with Crippen molar-refractivity contribution < 1.29 is 0 Å². The van der Waals surface area contributed by atoms with E-state index >= 15 is 0 Å². The molecule has 3 aromatic heterocycles. The maximum absolute atomic E-state index is 2.49. The van der Waals surface area contributed by atoms with E-state index in [2.05, 4.69) is 333 Å². The number of para-hydroxylation sites is 3. The van der Waals surface area contributed by atoms with E-state index in [1.807, 2.05) is 22.7 Å². The number of aromatic nitrogens is 1. The number of hydrogen-bond donors (Lipinski definition) is 0. The van der Waals surface area contributed by atoms with Gasteiger partial charge in [0.2, 0.25) is 0 Å². The highest BCUT2D eigenvalue weighted by atomic mass is 32.1. The molecule has 18 rings (SSSR count). The third-order valence-electron chi connectivity index (χ3n) is 22.6. The van der Waals surface area contributed by atoms with Crippen molar-refractivity contribution in [2.75, 3.05) is 4.90 Å². The van der Waals surface area contributed by atoms with Gasteiger partial charge >= 0.3 is 0 Å². The fraction of sp³-hybridized carbons (Fsp3) is 0.172. The lowest BCUT2D eigenvalue weighted by Crippen LogP contribution is -2.43. The van der Waals surface area contributed by atoms with Crippen molar-refractivity contribution in [2.45, 2.75) is 96.3 Å². The molecular weight excluding hydrogens is 1140 g/mol. The molecule has 0 saturated heterocycles. The second kappa shape index (κ2) is 19.8. The molecule has 12 aromatic carbocycles. The first-order valence-corrected chi connectivity index (χ1v) is 33.9. The van der Waals surface area contributed by atoms with Gasteiger partial charge in [-0.05, 0) is 185 Å². The molecule has 3 aliphatic rings. The lowest BCUT2D eigenvalue weighted by molar-refractivity contribution is 0.299. The third-order valence-corrected chi connectivity index (χ3v) is 24.9. The average Bonchev–Trinajstić information content (AvgIpc) is 1.41. The SMILES string of the molecule is CC1(C)c2cc(-c3ccc(-n4c5ccccc5c5ccccc54)cc3)ccc2-c2ccc3c(sc4ccccc43)c2C1(C)C.CC1(C)c2ccccc2-c2ccc(N(c3ccccc3)c3ccc4c(c3)C(C)(C)C(C)(C)c3cc5sc6ccccc6c5cc3-4)cc21. The predicted molar refractivity (Wildman–Crippen MR) is 394 cm³/mol. The monoisotopic (exact) mass is 1210 g/mol. The number of anilines is 3. The molecule has 3 aliphatic carbocycles. The molecule has 0 radical (unpaired) electrons. The number of nitrogens with zero attached hydrogens (tertiary/aromatic N) is 2. The smallest absolute Gasteiger partial charge is 0.0541 e. The Morgan fingerprint density at radius 3 is 1.45 bits per heavy atom. The molecular formula is C87H72N2S2. The van der Waals surface area contributed by atoms with Gasteiger partial charge in [-0.25, -0.2) is 0 Å². The van der Waals surface area contributed by atoms with Crippen LogP contribution in [0.3, 0.4) is 0 Å². The molecule has 91 heavy (non-hydrogen) atoms. The Hall–Kier alpha value is -9.32. The standard InChI is InChI=1S/C45H39NS.C42H33NS/c1-43(2)37-18-12-10-16-31(37)32-22-20-29(24-38(32)43)46(28-14-8-7-9-15-28)30-21-23-33-35-26-36-34-17-11-13-19-41(34)47-42(36)27-40(35)45(5,6)44(3,4)39(33)25-30;1-41(2)35-25-27(26-17-20-28(21-18-26)43-36-14-8-5-11-30(36)31-12-6-9-15-37(31)43)19-22-29(35)33-23-24-34-32-13-7-10-16-38(32)44-40(34)39(33)42(41,3)4/h7-27H,1-6H3;5-25H,1-4H3. The van der Waals surface area contributed by atoms with Crippen LogP contribution in [-0.4, -0.2) is 4.57 Å². The van der Waals surface area contributed by atoms with Crippen LogP contribution in [0, 0.1) is 0 Å². The van der Waals surface area contributed by atoms with Crippen molar-refractivity contribution in [2.24, 2.45) is 0 Å². The van der Waals surface area contributed by atoms with Gasteiger partial charge in [-0.15, -0.1) is 22.7 Å². The summed E-state index contributed by atoms with van der Waals surface area (Å²) in [5.41, 5.74) is 26.2. The summed E-state index contributed by atoms with van der Waals surface area (Å²) in [6.07, 6.45) is 0. The Labute approximate surface area is 542 Å². The molecule has 2 nitrogen and oxygen atoms in total. The van der Waals surface area contributed by atoms with Crippen LogP contribution in [0.2, 0.25) is 0 Å². The summed E-state index contributed by atoms with van der Waals surface area (Å²) in [6, 6.07) is 95.2. The normalized spacial score (nSPS) is 15.8. The van der Waals surface area contributed by atoms with Crippen molar-refractivity contribution in [3.63, 3.8) is 0 Å². The molecule has 0 bridgehead atoms. The zero-order valence-electron chi connectivity index (χ0n) is 53.5. The number of rotatable bonds is 5. The molecule has 0 atom stereocenters. The first-order valence-electron chi connectivity index (χ1n) is 32.3. The molecule has 0 amide bonds. The minimum atomic E-state index is -0.0976. The van der Waals surface area contributed by atoms with E-state index in [1.165, 1.54) is 163 Å². The van der Waals surface area contributed by atoms with Crippen LogP contribution in [0.4, 0.5) is 17.1 Å². The largest absolute Gasteiger partial charge is 0.310 e. The number of thiophene rings is 2. The van der Waals surface area contributed by atoms with E-state index in [4.69, 9.17) is 0 Å². The van der Waals surface area contributed by atoms with Gasteiger partial charge in [0.05, 0.1) is 11.0 Å². The summed E-state index contributed by atoms with van der Waals surface area (Å²) in [5, 5.41) is 8.06. The van der Waals surface area contributed by atoms with Crippen molar-refractivity contribution in [3.8, 4) is 50.2 Å². The van der Waals surface area contributed by atoms with Crippen molar-refractivity contribution >= 4 is 102 Å². The molecule has 0 saturated carbocycles. The number of fused-ring (bicyclic) bond motifs is 19. The van der Waals surface area contributed by atoms with Crippen LogP contribution < -0.4 is 4.90 Å². The Bertz CT molecular complexity index is 5450. The van der Waals surface area contributed by atoms with E-state index in [0.29, 0.717) is 0 Å². The van der Waals surface area contributed by atoms with Gasteiger partial charge in [-0.2, -0.15) is 0 Å². The Morgan fingerprint density at radius 1 is 0.286 bits per heavy atom. The second-order valence-electron chi connectivity index (χ2n) is 28.4. The van der Waals surface area contributed by atoms with Crippen molar-refractivity contribution in [1.29, 1.82) is 0 Å². The number of hydrogen-bond acceptors (Lipinski definition) is 3. The highest BCUT2D eigenvalue weighted by Gasteiger charge is 2.49. The predicted octanol–water partition coefficient (Wildman–Crippen LogP) is 25.1. The van der Waals surface area contributed by atoms with Crippen molar-refractivity contribution in [3.05, 3.63) is 288 Å².